The van der Waals surface area contributed by atoms with Crippen molar-refractivity contribution in [1.29, 1.82) is 5.26 Å². The van der Waals surface area contributed by atoms with E-state index < -0.39 is 6.04 Å². The average molecular weight is 209 g/mol. The van der Waals surface area contributed by atoms with Crippen LogP contribution in [0.4, 0.5) is 0 Å². The standard InChI is InChI=1S/C11H19N3O/c1-3-8(2)10(13)11(15)14-6-4-5-9(14)7-12/h8-10H,3-6,13H2,1-2H3/t8-,9?,10-/m0/s1. The molecule has 0 saturated carbocycles. The van der Waals surface area contributed by atoms with Crippen LogP contribution in [0.1, 0.15) is 33.1 Å². The van der Waals surface area contributed by atoms with Crippen molar-refractivity contribution in [2.45, 2.75) is 45.2 Å². The fourth-order valence-corrected chi connectivity index (χ4v) is 1.85. The molecule has 1 heterocycles. The van der Waals surface area contributed by atoms with Crippen molar-refractivity contribution in [2.75, 3.05) is 6.54 Å². The molecule has 0 spiro atoms. The third-order valence-corrected chi connectivity index (χ3v) is 3.23. The van der Waals surface area contributed by atoms with Crippen molar-refractivity contribution in [3.63, 3.8) is 0 Å². The molecule has 0 radical (unpaired) electrons. The summed E-state index contributed by atoms with van der Waals surface area (Å²) in [4.78, 5) is 13.6. The molecule has 0 aliphatic carbocycles. The molecule has 4 nitrogen and oxygen atoms in total. The van der Waals surface area contributed by atoms with Crippen LogP contribution in [0, 0.1) is 17.2 Å². The molecule has 1 amide bonds. The predicted molar refractivity (Wildman–Crippen MR) is 57.8 cm³/mol. The van der Waals surface area contributed by atoms with E-state index in [0.29, 0.717) is 6.54 Å². The number of nitrogens with zero attached hydrogens (tertiary/aromatic N) is 2. The second-order valence-electron chi connectivity index (χ2n) is 4.23. The quantitative estimate of drug-likeness (QED) is 0.750. The second kappa shape index (κ2) is 5.13. The lowest BCUT2D eigenvalue weighted by Crippen LogP contribution is -2.48. The number of nitriles is 1. The van der Waals surface area contributed by atoms with Gasteiger partial charge in [-0.15, -0.1) is 0 Å². The first kappa shape index (κ1) is 12.0. The lowest BCUT2D eigenvalue weighted by Gasteiger charge is -2.26. The molecule has 3 atom stereocenters. The van der Waals surface area contributed by atoms with Crippen LogP contribution in [-0.2, 0) is 4.79 Å². The first-order valence-electron chi connectivity index (χ1n) is 5.57. The van der Waals surface area contributed by atoms with Crippen LogP contribution in [0.15, 0.2) is 0 Å². The Morgan fingerprint density at radius 1 is 1.73 bits per heavy atom. The van der Waals surface area contributed by atoms with Gasteiger partial charge in [0.2, 0.25) is 5.91 Å². The highest BCUT2D eigenvalue weighted by Gasteiger charge is 2.33. The number of carbonyl (C=O) groups excluding carboxylic acids is 1. The molecule has 15 heavy (non-hydrogen) atoms. The molecule has 1 aliphatic rings. The number of rotatable bonds is 3. The summed E-state index contributed by atoms with van der Waals surface area (Å²) in [5, 5.41) is 8.88. The normalized spacial score (nSPS) is 24.7. The third kappa shape index (κ3) is 2.48. The topological polar surface area (TPSA) is 70.1 Å². The Balaban J connectivity index is 2.64. The van der Waals surface area contributed by atoms with Crippen LogP contribution < -0.4 is 5.73 Å². The predicted octanol–water partition coefficient (Wildman–Crippen LogP) is 0.874. The molecule has 0 aromatic rings. The molecule has 0 aromatic heterocycles. The number of nitrogens with two attached hydrogens (primary N) is 1. The number of hydrogen-bond donors (Lipinski definition) is 1. The molecule has 4 heteroatoms. The summed E-state index contributed by atoms with van der Waals surface area (Å²) in [5.74, 6) is 0.117. The molecule has 0 aromatic carbocycles. The fraction of sp³-hybridized carbons (Fsp3) is 0.818. The van der Waals surface area contributed by atoms with Gasteiger partial charge in [-0.3, -0.25) is 4.79 Å². The summed E-state index contributed by atoms with van der Waals surface area (Å²) in [5.41, 5.74) is 5.87. The van der Waals surface area contributed by atoms with Gasteiger partial charge in [0.15, 0.2) is 0 Å². The summed E-state index contributed by atoms with van der Waals surface area (Å²) >= 11 is 0. The van der Waals surface area contributed by atoms with Gasteiger partial charge in [-0.05, 0) is 18.8 Å². The van der Waals surface area contributed by atoms with Crippen molar-refractivity contribution in [2.24, 2.45) is 11.7 Å². The fourth-order valence-electron chi connectivity index (χ4n) is 1.85. The van der Waals surface area contributed by atoms with E-state index in [1.54, 1.807) is 4.90 Å². The molecule has 1 rings (SSSR count). The molecule has 1 fully saturated rings. The zero-order valence-electron chi connectivity index (χ0n) is 9.44. The Bertz CT molecular complexity index is 271. The highest BCUT2D eigenvalue weighted by atomic mass is 16.2. The second-order valence-corrected chi connectivity index (χ2v) is 4.23. The Morgan fingerprint density at radius 2 is 2.40 bits per heavy atom. The molecule has 0 bridgehead atoms. The lowest BCUT2D eigenvalue weighted by atomic mass is 9.99. The Hall–Kier alpha value is -1.08. The minimum atomic E-state index is -0.455. The van der Waals surface area contributed by atoms with Gasteiger partial charge in [-0.1, -0.05) is 20.3 Å². The van der Waals surface area contributed by atoms with Gasteiger partial charge in [-0.2, -0.15) is 5.26 Å². The van der Waals surface area contributed by atoms with Gasteiger partial charge in [0, 0.05) is 6.54 Å². The maximum absolute atomic E-state index is 12.0. The van der Waals surface area contributed by atoms with Crippen LogP contribution >= 0.6 is 0 Å². The van der Waals surface area contributed by atoms with Crippen LogP contribution in [0.25, 0.3) is 0 Å². The summed E-state index contributed by atoms with van der Waals surface area (Å²) in [7, 11) is 0. The van der Waals surface area contributed by atoms with Gasteiger partial charge in [0.05, 0.1) is 12.1 Å². The summed E-state index contributed by atoms with van der Waals surface area (Å²) in [6.45, 7) is 4.67. The third-order valence-electron chi connectivity index (χ3n) is 3.23. The maximum atomic E-state index is 12.0. The van der Waals surface area contributed by atoms with Crippen molar-refractivity contribution >= 4 is 5.91 Å². The van der Waals surface area contributed by atoms with Crippen LogP contribution in [0.5, 0.6) is 0 Å². The van der Waals surface area contributed by atoms with Crippen LogP contribution in [0.3, 0.4) is 0 Å². The first-order valence-corrected chi connectivity index (χ1v) is 5.57. The van der Waals surface area contributed by atoms with Crippen LogP contribution in [0.2, 0.25) is 0 Å². The first-order chi connectivity index (χ1) is 7.11. The van der Waals surface area contributed by atoms with E-state index in [1.807, 2.05) is 13.8 Å². The zero-order chi connectivity index (χ0) is 11.4. The molecule has 2 N–H and O–H groups in total. The van der Waals surface area contributed by atoms with E-state index >= 15 is 0 Å². The number of hydrogen-bond acceptors (Lipinski definition) is 3. The van der Waals surface area contributed by atoms with E-state index in [1.165, 1.54) is 0 Å². The van der Waals surface area contributed by atoms with Gasteiger partial charge in [0.25, 0.3) is 0 Å². The zero-order valence-corrected chi connectivity index (χ0v) is 9.44. The van der Waals surface area contributed by atoms with E-state index in [0.717, 1.165) is 19.3 Å². The van der Waals surface area contributed by atoms with E-state index in [-0.39, 0.29) is 17.9 Å². The lowest BCUT2D eigenvalue weighted by molar-refractivity contribution is -0.133. The number of carbonyl (C=O) groups is 1. The van der Waals surface area contributed by atoms with Crippen molar-refractivity contribution in [3.8, 4) is 6.07 Å². The number of likely N-dealkylation sites (tertiary alicyclic amines) is 1. The smallest absolute Gasteiger partial charge is 0.240 e. The average Bonchev–Trinajstić information content (AvgIpc) is 2.73. The van der Waals surface area contributed by atoms with E-state index in [9.17, 15) is 4.79 Å². The Kier molecular flexibility index (Phi) is 4.10. The van der Waals surface area contributed by atoms with Gasteiger partial charge in [0.1, 0.15) is 6.04 Å². The largest absolute Gasteiger partial charge is 0.325 e. The van der Waals surface area contributed by atoms with Gasteiger partial charge < -0.3 is 10.6 Å². The molecule has 1 unspecified atom stereocenters. The minimum absolute atomic E-state index is 0.0617. The maximum Gasteiger partial charge on any atom is 0.240 e. The number of amides is 1. The summed E-state index contributed by atoms with van der Waals surface area (Å²) in [6.07, 6.45) is 2.59. The molecular weight excluding hydrogens is 190 g/mol. The van der Waals surface area contributed by atoms with Crippen molar-refractivity contribution < 1.29 is 4.79 Å². The van der Waals surface area contributed by atoms with Crippen LogP contribution in [-0.4, -0.2) is 29.4 Å². The highest BCUT2D eigenvalue weighted by molar-refractivity contribution is 5.82. The molecule has 1 aliphatic heterocycles. The Labute approximate surface area is 91.0 Å². The minimum Gasteiger partial charge on any atom is -0.325 e. The van der Waals surface area contributed by atoms with E-state index in [2.05, 4.69) is 6.07 Å². The van der Waals surface area contributed by atoms with E-state index in [4.69, 9.17) is 11.0 Å². The monoisotopic (exact) mass is 209 g/mol. The summed E-state index contributed by atoms with van der Waals surface area (Å²) < 4.78 is 0. The Morgan fingerprint density at radius 3 is 2.93 bits per heavy atom. The van der Waals surface area contributed by atoms with Gasteiger partial charge in [-0.25, -0.2) is 0 Å². The summed E-state index contributed by atoms with van der Waals surface area (Å²) in [6, 6.07) is 1.44. The molecular formula is C11H19N3O. The molecule has 84 valence electrons. The van der Waals surface area contributed by atoms with Gasteiger partial charge >= 0.3 is 0 Å². The SMILES string of the molecule is CC[C@H](C)[C@H](N)C(=O)N1CCCC1C#N. The van der Waals surface area contributed by atoms with Crippen molar-refractivity contribution in [1.82, 2.24) is 4.90 Å². The van der Waals surface area contributed by atoms with Crippen molar-refractivity contribution in [3.05, 3.63) is 0 Å². The molecule has 1 saturated heterocycles. The highest BCUT2D eigenvalue weighted by Crippen LogP contribution is 2.19.